The summed E-state index contributed by atoms with van der Waals surface area (Å²) >= 11 is 0. The van der Waals surface area contributed by atoms with Crippen molar-refractivity contribution in [3.63, 3.8) is 0 Å². The zero-order chi connectivity index (χ0) is 38.9. The van der Waals surface area contributed by atoms with Gasteiger partial charge in [-0.3, -0.25) is 19.3 Å². The van der Waals surface area contributed by atoms with Gasteiger partial charge < -0.3 is 39.4 Å². The Hall–Kier alpha value is -1.83. The average Bonchev–Trinajstić information content (AvgIpc) is 3.21. The van der Waals surface area contributed by atoms with Crippen LogP contribution in [0.4, 0.5) is 0 Å². The zero-order valence-electron chi connectivity index (χ0n) is 33.4. The minimum absolute atomic E-state index is 0.0257. The molecular weight excluding hydrogens is 682 g/mol. The van der Waals surface area contributed by atoms with Crippen LogP contribution >= 0.6 is 0 Å². The summed E-state index contributed by atoms with van der Waals surface area (Å²) in [7, 11) is 0. The Balaban J connectivity index is 1.37. The normalized spacial score (nSPS) is 49.9. The smallest absolute Gasteiger partial charge is 0.311 e. The first-order valence-electron chi connectivity index (χ1n) is 20.5. The fourth-order valence-corrected chi connectivity index (χ4v) is 13.0. The molecule has 0 aromatic rings. The summed E-state index contributed by atoms with van der Waals surface area (Å²) in [5.41, 5.74) is -9.87. The van der Waals surface area contributed by atoms with Crippen LogP contribution in [0.25, 0.3) is 0 Å². The van der Waals surface area contributed by atoms with Crippen LogP contribution in [0.5, 0.6) is 0 Å². The topological polar surface area (TPSA) is 172 Å². The van der Waals surface area contributed by atoms with E-state index < -0.39 is 99.0 Å². The minimum atomic E-state index is -2.11. The number of fused-ring (bicyclic) bond motifs is 5. The maximum Gasteiger partial charge on any atom is 0.311 e. The molecule has 0 radical (unpaired) electrons. The number of ether oxygens (including phenoxy) is 4. The molecule has 300 valence electrons. The molecule has 0 aromatic carbocycles. The Bertz CT molecular complexity index is 1500. The van der Waals surface area contributed by atoms with Gasteiger partial charge in [0.2, 0.25) is 0 Å². The summed E-state index contributed by atoms with van der Waals surface area (Å²) in [5, 5.41) is 52.7. The summed E-state index contributed by atoms with van der Waals surface area (Å²) in [6.45, 7) is 17.8. The molecule has 7 rings (SSSR count). The lowest BCUT2D eigenvalue weighted by molar-refractivity contribution is -0.355. The molecule has 3 heterocycles. The van der Waals surface area contributed by atoms with E-state index >= 15 is 0 Å². The van der Waals surface area contributed by atoms with Gasteiger partial charge in [0.05, 0.1) is 11.5 Å². The summed E-state index contributed by atoms with van der Waals surface area (Å²) in [5.74, 6) is -5.51. The molecule has 3 saturated heterocycles. The van der Waals surface area contributed by atoms with E-state index in [0.717, 1.165) is 6.42 Å². The van der Waals surface area contributed by atoms with E-state index in [1.165, 1.54) is 0 Å². The van der Waals surface area contributed by atoms with Crippen LogP contribution in [0.1, 0.15) is 127 Å². The van der Waals surface area contributed by atoms with Crippen molar-refractivity contribution in [2.75, 3.05) is 13.1 Å². The number of aliphatic hydroxyl groups is 4. The lowest BCUT2D eigenvalue weighted by Crippen LogP contribution is -2.85. The highest BCUT2D eigenvalue weighted by Crippen LogP contribution is 2.79. The van der Waals surface area contributed by atoms with Crippen LogP contribution < -0.4 is 0 Å². The number of esters is 3. The van der Waals surface area contributed by atoms with Gasteiger partial charge in [0.25, 0.3) is 5.79 Å². The molecule has 3 aliphatic heterocycles. The Labute approximate surface area is 314 Å². The molecule has 4 aliphatic carbocycles. The highest BCUT2D eigenvalue weighted by Gasteiger charge is 2.90. The Morgan fingerprint density at radius 3 is 1.98 bits per heavy atom. The van der Waals surface area contributed by atoms with Gasteiger partial charge in [-0.15, -0.1) is 0 Å². The van der Waals surface area contributed by atoms with E-state index in [1.54, 1.807) is 20.8 Å². The maximum atomic E-state index is 13.6. The molecule has 0 amide bonds. The third-order valence-electron chi connectivity index (χ3n) is 15.4. The van der Waals surface area contributed by atoms with E-state index in [9.17, 15) is 34.8 Å². The molecule has 0 unspecified atom stereocenters. The van der Waals surface area contributed by atoms with Crippen molar-refractivity contribution < 1.29 is 53.8 Å². The summed E-state index contributed by atoms with van der Waals surface area (Å²) in [4.78, 5) is 42.4. The van der Waals surface area contributed by atoms with Gasteiger partial charge in [-0.25, -0.2) is 0 Å². The third kappa shape index (κ3) is 5.23. The molecule has 0 aromatic heterocycles. The first-order chi connectivity index (χ1) is 24.5. The Morgan fingerprint density at radius 1 is 0.774 bits per heavy atom. The lowest BCUT2D eigenvalue weighted by Gasteiger charge is -2.68. The second-order valence-corrected chi connectivity index (χ2v) is 20.0. The standard InChI is InChI=1S/C41H65NO11/c1-22(2)16-32(43)50-30-14-15-35(8)26-11-12-27-37(47)18-31(51-33(44)17-23(3)4)40(49)28(20-42-19-25(7)10-13-29(42)36(40,9)46)38(37,48)21-39(27,35)53-41(26,30)52-34(45)24(5)6/h22-31,46-49H,10-21H2,1-9H3/t25-,26-,27-,28-,29-,30-,31-,35-,36+,37+,38+,39+,40-,41-/m0/s1. The summed E-state index contributed by atoms with van der Waals surface area (Å²) in [6.07, 6.45) is 0.853. The second kappa shape index (κ2) is 12.6. The maximum absolute atomic E-state index is 13.6. The molecule has 14 atom stereocenters. The third-order valence-corrected chi connectivity index (χ3v) is 15.4. The summed E-state index contributed by atoms with van der Waals surface area (Å²) in [6, 6.07) is -0.452. The number of carbonyl (C=O) groups is 3. The van der Waals surface area contributed by atoms with Crippen molar-refractivity contribution >= 4 is 17.9 Å². The molecular formula is C41H65NO11. The monoisotopic (exact) mass is 747 g/mol. The van der Waals surface area contributed by atoms with E-state index in [4.69, 9.17) is 18.9 Å². The van der Waals surface area contributed by atoms with Crippen molar-refractivity contribution in [1.29, 1.82) is 0 Å². The molecule has 12 nitrogen and oxygen atoms in total. The fourth-order valence-electron chi connectivity index (χ4n) is 13.0. The van der Waals surface area contributed by atoms with E-state index in [2.05, 4.69) is 18.7 Å². The molecule has 12 heteroatoms. The Kier molecular flexibility index (Phi) is 9.36. The van der Waals surface area contributed by atoms with Crippen LogP contribution in [0.2, 0.25) is 0 Å². The van der Waals surface area contributed by atoms with Crippen molar-refractivity contribution in [3.8, 4) is 0 Å². The highest BCUT2D eigenvalue weighted by atomic mass is 16.8. The zero-order valence-corrected chi connectivity index (χ0v) is 33.4. The number of nitrogens with zero attached hydrogens (tertiary/aromatic N) is 1. The molecule has 53 heavy (non-hydrogen) atoms. The predicted octanol–water partition coefficient (Wildman–Crippen LogP) is 3.88. The van der Waals surface area contributed by atoms with Gasteiger partial charge in [0.15, 0.2) is 6.10 Å². The molecule has 1 spiro atoms. The van der Waals surface area contributed by atoms with Crippen LogP contribution in [0, 0.1) is 46.8 Å². The van der Waals surface area contributed by atoms with E-state index in [1.807, 2.05) is 27.7 Å². The SMILES string of the molecule is CC(C)CC(=O)O[C@H]1CC[C@@]2(C)[C@@H]3CC[C@H]4[C@]5(O)C[C@H](OC(=O)CC(C)C)[C@@]6(O)[C@@H](CN7C[C@@H](C)CC[C@H]7[C@@]6(C)O)[C@]5(O)C[C@@]42O[C@]13OC(=O)C(C)C. The number of piperidine rings is 2. The quantitative estimate of drug-likeness (QED) is 0.209. The first-order valence-corrected chi connectivity index (χ1v) is 20.5. The van der Waals surface area contributed by atoms with Gasteiger partial charge in [0, 0.05) is 68.0 Å². The molecule has 7 aliphatic rings. The molecule has 4 bridgehead atoms. The highest BCUT2D eigenvalue weighted by molar-refractivity contribution is 5.73. The number of hydrogen-bond donors (Lipinski definition) is 4. The van der Waals surface area contributed by atoms with E-state index in [-0.39, 0.29) is 44.1 Å². The van der Waals surface area contributed by atoms with Gasteiger partial charge in [-0.05, 0) is 63.2 Å². The van der Waals surface area contributed by atoms with Gasteiger partial charge in [-0.2, -0.15) is 0 Å². The first kappa shape index (κ1) is 39.4. The lowest BCUT2D eigenvalue weighted by atomic mass is 9.48. The molecule has 7 fully saturated rings. The minimum Gasteiger partial charge on any atom is -0.459 e. The molecule has 4 N–H and O–H groups in total. The fraction of sp³-hybridized carbons (Fsp3) is 0.927. The van der Waals surface area contributed by atoms with Gasteiger partial charge in [0.1, 0.15) is 28.5 Å². The number of carbonyl (C=O) groups excluding carboxylic acids is 3. The second-order valence-electron chi connectivity index (χ2n) is 20.0. The average molecular weight is 748 g/mol. The van der Waals surface area contributed by atoms with Crippen molar-refractivity contribution in [1.82, 2.24) is 4.90 Å². The van der Waals surface area contributed by atoms with Gasteiger partial charge in [-0.1, -0.05) is 55.4 Å². The van der Waals surface area contributed by atoms with Crippen molar-refractivity contribution in [2.24, 2.45) is 46.8 Å². The van der Waals surface area contributed by atoms with Crippen LogP contribution in [0.3, 0.4) is 0 Å². The van der Waals surface area contributed by atoms with Crippen molar-refractivity contribution in [3.05, 3.63) is 0 Å². The van der Waals surface area contributed by atoms with Crippen LogP contribution in [-0.4, -0.2) is 108 Å². The summed E-state index contributed by atoms with van der Waals surface area (Å²) < 4.78 is 26.1. The number of rotatable bonds is 8. The van der Waals surface area contributed by atoms with Crippen LogP contribution in [-0.2, 0) is 33.3 Å². The van der Waals surface area contributed by atoms with Crippen molar-refractivity contribution in [2.45, 2.75) is 179 Å². The largest absolute Gasteiger partial charge is 0.459 e. The predicted molar refractivity (Wildman–Crippen MR) is 192 cm³/mol. The van der Waals surface area contributed by atoms with Crippen LogP contribution in [0.15, 0.2) is 0 Å². The van der Waals surface area contributed by atoms with Gasteiger partial charge >= 0.3 is 17.9 Å². The molecule has 4 saturated carbocycles. The number of hydrogen-bond acceptors (Lipinski definition) is 12. The Morgan fingerprint density at radius 2 is 1.38 bits per heavy atom. The van der Waals surface area contributed by atoms with E-state index in [0.29, 0.717) is 44.6 Å².